The summed E-state index contributed by atoms with van der Waals surface area (Å²) in [6, 6.07) is 0.122. The van der Waals surface area contributed by atoms with E-state index in [0.29, 0.717) is 52.3 Å². The van der Waals surface area contributed by atoms with Crippen LogP contribution in [-0.2, 0) is 18.9 Å². The summed E-state index contributed by atoms with van der Waals surface area (Å²) in [6.07, 6.45) is 3.38. The number of hydrogen-bond acceptors (Lipinski definition) is 6. The molecule has 1 N–H and O–H groups in total. The van der Waals surface area contributed by atoms with Gasteiger partial charge in [-0.1, -0.05) is 0 Å². The van der Waals surface area contributed by atoms with E-state index in [1.165, 1.54) is 0 Å². The minimum absolute atomic E-state index is 0.0611. The lowest BCUT2D eigenvalue weighted by molar-refractivity contribution is -0.0756. The van der Waals surface area contributed by atoms with E-state index in [1.54, 1.807) is 7.11 Å². The average molecular weight is 373 g/mol. The third-order valence-corrected chi connectivity index (χ3v) is 4.97. The molecular formula is C19H35NO6. The summed E-state index contributed by atoms with van der Waals surface area (Å²) in [5, 5.41) is 11.0. The summed E-state index contributed by atoms with van der Waals surface area (Å²) in [7, 11) is 1.64. The van der Waals surface area contributed by atoms with E-state index in [4.69, 9.17) is 18.9 Å². The van der Waals surface area contributed by atoms with Crippen molar-refractivity contribution < 1.29 is 28.8 Å². The van der Waals surface area contributed by atoms with E-state index in [1.807, 2.05) is 25.7 Å². The van der Waals surface area contributed by atoms with Gasteiger partial charge in [0.2, 0.25) is 0 Å². The van der Waals surface area contributed by atoms with E-state index in [2.05, 4.69) is 0 Å². The number of carbonyl (C=O) groups excluding carboxylic acids is 1. The predicted molar refractivity (Wildman–Crippen MR) is 97.2 cm³/mol. The van der Waals surface area contributed by atoms with Gasteiger partial charge in [-0.2, -0.15) is 0 Å². The zero-order valence-electron chi connectivity index (χ0n) is 16.7. The fourth-order valence-corrected chi connectivity index (χ4v) is 3.87. The molecule has 0 aromatic heterocycles. The number of hydrogen-bond donors (Lipinski definition) is 1. The average Bonchev–Trinajstić information content (AvgIpc) is 2.81. The van der Waals surface area contributed by atoms with E-state index in [0.717, 1.165) is 12.8 Å². The fourth-order valence-electron chi connectivity index (χ4n) is 3.87. The van der Waals surface area contributed by atoms with Gasteiger partial charge in [-0.3, -0.25) is 0 Å². The van der Waals surface area contributed by atoms with Gasteiger partial charge in [0.1, 0.15) is 5.60 Å². The van der Waals surface area contributed by atoms with Crippen LogP contribution in [0, 0.1) is 0 Å². The molecule has 0 radical (unpaired) electrons. The lowest BCUT2D eigenvalue weighted by Gasteiger charge is -2.44. The topological polar surface area (TPSA) is 77.5 Å². The second kappa shape index (κ2) is 9.35. The molecule has 0 spiro atoms. The van der Waals surface area contributed by atoms with Crippen LogP contribution in [0.15, 0.2) is 0 Å². The summed E-state index contributed by atoms with van der Waals surface area (Å²) in [5.74, 6) is 0. The van der Waals surface area contributed by atoms with Gasteiger partial charge in [0, 0.05) is 25.8 Å². The van der Waals surface area contributed by atoms with Crippen LogP contribution in [0.25, 0.3) is 0 Å². The first-order valence-corrected chi connectivity index (χ1v) is 9.62. The van der Waals surface area contributed by atoms with Gasteiger partial charge < -0.3 is 29.0 Å². The Balaban J connectivity index is 1.72. The van der Waals surface area contributed by atoms with Crippen LogP contribution in [0.2, 0.25) is 0 Å². The highest BCUT2D eigenvalue weighted by Crippen LogP contribution is 2.42. The van der Waals surface area contributed by atoms with E-state index < -0.39 is 11.2 Å². The molecule has 7 heteroatoms. The Morgan fingerprint density at radius 2 is 1.58 bits per heavy atom. The summed E-state index contributed by atoms with van der Waals surface area (Å²) < 4.78 is 21.4. The van der Waals surface area contributed by atoms with Crippen LogP contribution in [0.4, 0.5) is 4.79 Å². The third-order valence-electron chi connectivity index (χ3n) is 4.97. The Morgan fingerprint density at radius 1 is 1.04 bits per heavy atom. The molecule has 2 fully saturated rings. The normalized spacial score (nSPS) is 28.4. The zero-order valence-corrected chi connectivity index (χ0v) is 16.7. The van der Waals surface area contributed by atoms with Crippen LogP contribution >= 0.6 is 0 Å². The maximum atomic E-state index is 12.5. The summed E-state index contributed by atoms with van der Waals surface area (Å²) in [4.78, 5) is 14.3. The highest BCUT2D eigenvalue weighted by molar-refractivity contribution is 5.69. The number of amides is 1. The molecule has 2 aliphatic heterocycles. The van der Waals surface area contributed by atoms with Crippen molar-refractivity contribution in [3.8, 4) is 0 Å². The maximum Gasteiger partial charge on any atom is 0.410 e. The number of fused-ring (bicyclic) bond motifs is 2. The SMILES string of the molecule is COCCOCCOCCC1(O)CC2CCC(C1)N2C(=O)OC(C)(C)C. The Labute approximate surface area is 156 Å². The van der Waals surface area contributed by atoms with Crippen LogP contribution in [0.1, 0.15) is 52.9 Å². The second-order valence-electron chi connectivity index (χ2n) is 8.37. The Bertz CT molecular complexity index is 436. The molecule has 2 atom stereocenters. The van der Waals surface area contributed by atoms with Crippen LogP contribution in [-0.4, -0.2) is 79.5 Å². The van der Waals surface area contributed by atoms with Gasteiger partial charge >= 0.3 is 6.09 Å². The second-order valence-corrected chi connectivity index (χ2v) is 8.37. The Morgan fingerprint density at radius 3 is 2.12 bits per heavy atom. The quantitative estimate of drug-likeness (QED) is 0.625. The zero-order chi connectivity index (χ0) is 19.2. The number of carbonyl (C=O) groups is 1. The van der Waals surface area contributed by atoms with Gasteiger partial charge in [-0.05, 0) is 52.9 Å². The monoisotopic (exact) mass is 373 g/mol. The molecule has 7 nitrogen and oxygen atoms in total. The molecule has 0 aromatic rings. The van der Waals surface area contributed by atoms with Crippen LogP contribution in [0.3, 0.4) is 0 Å². The predicted octanol–water partition coefficient (Wildman–Crippen LogP) is 2.35. The van der Waals surface area contributed by atoms with Crippen molar-refractivity contribution in [3.05, 3.63) is 0 Å². The lowest BCUT2D eigenvalue weighted by Crippen LogP contribution is -2.54. The molecule has 0 saturated carbocycles. The minimum atomic E-state index is -0.763. The first-order valence-electron chi connectivity index (χ1n) is 9.62. The molecule has 2 aliphatic rings. The smallest absolute Gasteiger partial charge is 0.410 e. The highest BCUT2D eigenvalue weighted by Gasteiger charge is 2.50. The number of rotatable bonds is 9. The number of piperidine rings is 1. The number of nitrogens with zero attached hydrogens (tertiary/aromatic N) is 1. The van der Waals surface area contributed by atoms with Crippen molar-refractivity contribution >= 4 is 6.09 Å². The van der Waals surface area contributed by atoms with Crippen molar-refractivity contribution in [2.24, 2.45) is 0 Å². The van der Waals surface area contributed by atoms with Crippen molar-refractivity contribution in [1.29, 1.82) is 0 Å². The molecule has 2 heterocycles. The van der Waals surface area contributed by atoms with Crippen molar-refractivity contribution in [1.82, 2.24) is 4.90 Å². The largest absolute Gasteiger partial charge is 0.444 e. The first kappa shape index (κ1) is 21.4. The first-order chi connectivity index (χ1) is 12.2. The molecule has 2 bridgehead atoms. The lowest BCUT2D eigenvalue weighted by atomic mass is 9.84. The van der Waals surface area contributed by atoms with Gasteiger partial charge in [-0.25, -0.2) is 4.79 Å². The van der Waals surface area contributed by atoms with E-state index in [-0.39, 0.29) is 18.2 Å². The molecule has 152 valence electrons. The molecule has 0 aliphatic carbocycles. The van der Waals surface area contributed by atoms with E-state index >= 15 is 0 Å². The van der Waals surface area contributed by atoms with Crippen molar-refractivity contribution in [2.75, 3.05) is 40.1 Å². The minimum Gasteiger partial charge on any atom is -0.444 e. The molecule has 26 heavy (non-hydrogen) atoms. The van der Waals surface area contributed by atoms with Gasteiger partial charge in [0.25, 0.3) is 0 Å². The fraction of sp³-hybridized carbons (Fsp3) is 0.947. The maximum absolute atomic E-state index is 12.5. The van der Waals surface area contributed by atoms with Gasteiger partial charge in [0.15, 0.2) is 0 Å². The molecule has 2 rings (SSSR count). The molecule has 0 aromatic carbocycles. The number of ether oxygens (including phenoxy) is 4. The van der Waals surface area contributed by atoms with Gasteiger partial charge in [-0.15, -0.1) is 0 Å². The summed E-state index contributed by atoms with van der Waals surface area (Å²) in [5.41, 5.74) is -1.26. The number of methoxy groups -OCH3 is 1. The summed E-state index contributed by atoms with van der Waals surface area (Å²) >= 11 is 0. The number of aliphatic hydroxyl groups is 1. The van der Waals surface area contributed by atoms with Gasteiger partial charge in [0.05, 0.1) is 32.0 Å². The molecule has 2 saturated heterocycles. The highest BCUT2D eigenvalue weighted by atomic mass is 16.6. The van der Waals surface area contributed by atoms with Crippen molar-refractivity contribution in [3.63, 3.8) is 0 Å². The van der Waals surface area contributed by atoms with Crippen molar-refractivity contribution in [2.45, 2.75) is 76.2 Å². The van der Waals surface area contributed by atoms with Crippen LogP contribution in [0.5, 0.6) is 0 Å². The summed E-state index contributed by atoms with van der Waals surface area (Å²) in [6.45, 7) is 8.31. The van der Waals surface area contributed by atoms with Crippen LogP contribution < -0.4 is 0 Å². The Hall–Kier alpha value is -0.890. The Kier molecular flexibility index (Phi) is 7.70. The molecule has 2 unspecified atom stereocenters. The third kappa shape index (κ3) is 6.37. The standard InChI is InChI=1S/C19H35NO6/c1-18(2,3)26-17(21)20-15-5-6-16(20)14-19(22,13-15)7-8-24-11-12-25-10-9-23-4/h15-16,22H,5-14H2,1-4H3. The van der Waals surface area contributed by atoms with E-state index in [9.17, 15) is 9.90 Å². The molecular weight excluding hydrogens is 338 g/mol. The molecule has 1 amide bonds.